The summed E-state index contributed by atoms with van der Waals surface area (Å²) in [6, 6.07) is 0.354. The Bertz CT molecular complexity index is 355. The summed E-state index contributed by atoms with van der Waals surface area (Å²) in [7, 11) is 0. The molecule has 0 radical (unpaired) electrons. The smallest absolute Gasteiger partial charge is 0.313 e. The van der Waals surface area contributed by atoms with E-state index >= 15 is 0 Å². The minimum atomic E-state index is -4.18. The van der Waals surface area contributed by atoms with Crippen molar-refractivity contribution in [2.75, 3.05) is 6.54 Å². The second-order valence-electron chi connectivity index (χ2n) is 4.31. The van der Waals surface area contributed by atoms with Crippen LogP contribution in [0.5, 0.6) is 0 Å². The van der Waals surface area contributed by atoms with E-state index < -0.39 is 12.7 Å². The van der Waals surface area contributed by atoms with Gasteiger partial charge in [0, 0.05) is 6.04 Å². The minimum Gasteiger partial charge on any atom is -0.313 e. The molecule has 1 aromatic rings. The van der Waals surface area contributed by atoms with Gasteiger partial charge < -0.3 is 9.88 Å². The van der Waals surface area contributed by atoms with Gasteiger partial charge in [-0.2, -0.15) is 13.2 Å². The summed E-state index contributed by atoms with van der Waals surface area (Å²) in [5, 5.41) is 9.98. The summed E-state index contributed by atoms with van der Waals surface area (Å²) in [4.78, 5) is 0. The van der Waals surface area contributed by atoms with E-state index in [1.165, 1.54) is 0 Å². The third-order valence-corrected chi connectivity index (χ3v) is 2.97. The van der Waals surface area contributed by atoms with Crippen LogP contribution < -0.4 is 5.32 Å². The molecular weight excluding hydrogens is 233 g/mol. The monoisotopic (exact) mass is 248 g/mol. The average molecular weight is 248 g/mol. The quantitative estimate of drug-likeness (QED) is 0.886. The Balaban J connectivity index is 1.90. The predicted octanol–water partition coefficient (Wildman–Crippen LogP) is 2.05. The van der Waals surface area contributed by atoms with Gasteiger partial charge in [-0.3, -0.25) is 0 Å². The Kier molecular flexibility index (Phi) is 3.66. The van der Waals surface area contributed by atoms with E-state index in [9.17, 15) is 13.2 Å². The van der Waals surface area contributed by atoms with E-state index in [4.69, 9.17) is 0 Å². The lowest BCUT2D eigenvalue weighted by Crippen LogP contribution is -2.29. The maximum atomic E-state index is 12.0. The first-order valence-corrected chi connectivity index (χ1v) is 5.72. The molecule has 96 valence electrons. The van der Waals surface area contributed by atoms with Crippen LogP contribution >= 0.6 is 0 Å². The van der Waals surface area contributed by atoms with E-state index in [-0.39, 0.29) is 6.54 Å². The van der Waals surface area contributed by atoms with Crippen molar-refractivity contribution in [3.05, 3.63) is 12.2 Å². The van der Waals surface area contributed by atoms with Crippen molar-refractivity contribution in [3.8, 4) is 0 Å². The van der Waals surface area contributed by atoms with Gasteiger partial charge in [0.1, 0.15) is 12.2 Å². The standard InChI is InChI=1S/C10H15F3N4/c11-10(12,13)6-14-5-9-16-15-7-17(9)8-3-1-2-4-8/h7-8,14H,1-6H2. The Hall–Kier alpha value is -1.11. The molecule has 1 aliphatic carbocycles. The van der Waals surface area contributed by atoms with E-state index in [1.807, 2.05) is 4.57 Å². The molecule has 0 amide bonds. The topological polar surface area (TPSA) is 42.7 Å². The SMILES string of the molecule is FC(F)(F)CNCc1nncn1C1CCCC1. The maximum absolute atomic E-state index is 12.0. The summed E-state index contributed by atoms with van der Waals surface area (Å²) < 4.78 is 37.8. The largest absolute Gasteiger partial charge is 0.401 e. The van der Waals surface area contributed by atoms with Crippen molar-refractivity contribution >= 4 is 0 Å². The first kappa shape index (κ1) is 12.3. The molecule has 1 fully saturated rings. The number of aromatic nitrogens is 3. The molecule has 2 rings (SSSR count). The van der Waals surface area contributed by atoms with E-state index in [1.54, 1.807) is 6.33 Å². The fourth-order valence-corrected chi connectivity index (χ4v) is 2.20. The van der Waals surface area contributed by atoms with Crippen LogP contribution in [0.15, 0.2) is 6.33 Å². The van der Waals surface area contributed by atoms with Crippen molar-refractivity contribution in [3.63, 3.8) is 0 Å². The molecule has 0 atom stereocenters. The second kappa shape index (κ2) is 5.03. The summed E-state index contributed by atoms with van der Waals surface area (Å²) in [6.07, 6.45) is 1.88. The summed E-state index contributed by atoms with van der Waals surface area (Å²) in [5.74, 6) is 0.584. The van der Waals surface area contributed by atoms with Gasteiger partial charge in [-0.15, -0.1) is 10.2 Å². The van der Waals surface area contributed by atoms with Gasteiger partial charge in [-0.05, 0) is 12.8 Å². The zero-order valence-electron chi connectivity index (χ0n) is 9.37. The molecule has 0 saturated heterocycles. The van der Waals surface area contributed by atoms with Crippen LogP contribution in [-0.2, 0) is 6.54 Å². The van der Waals surface area contributed by atoms with Crippen LogP contribution in [0.1, 0.15) is 37.5 Å². The van der Waals surface area contributed by atoms with Gasteiger partial charge in [0.25, 0.3) is 0 Å². The Labute approximate surface area is 97.2 Å². The first-order chi connectivity index (χ1) is 8.06. The number of hydrogen-bond acceptors (Lipinski definition) is 3. The van der Waals surface area contributed by atoms with Crippen LogP contribution in [0.2, 0.25) is 0 Å². The second-order valence-corrected chi connectivity index (χ2v) is 4.31. The molecule has 4 nitrogen and oxygen atoms in total. The lowest BCUT2D eigenvalue weighted by molar-refractivity contribution is -0.125. The molecule has 1 aliphatic rings. The van der Waals surface area contributed by atoms with E-state index in [0.717, 1.165) is 25.7 Å². The molecule has 0 spiro atoms. The van der Waals surface area contributed by atoms with Gasteiger partial charge in [0.15, 0.2) is 0 Å². The van der Waals surface area contributed by atoms with Crippen molar-refractivity contribution < 1.29 is 13.2 Å². The number of rotatable bonds is 4. The zero-order valence-corrected chi connectivity index (χ0v) is 9.37. The van der Waals surface area contributed by atoms with Crippen LogP contribution in [-0.4, -0.2) is 27.5 Å². The number of nitrogens with one attached hydrogen (secondary N) is 1. The van der Waals surface area contributed by atoms with Crippen molar-refractivity contribution in [1.82, 2.24) is 20.1 Å². The lowest BCUT2D eigenvalue weighted by atomic mass is 10.2. The minimum absolute atomic E-state index is 0.107. The van der Waals surface area contributed by atoms with Crippen LogP contribution in [0.3, 0.4) is 0 Å². The predicted molar refractivity (Wildman–Crippen MR) is 55.3 cm³/mol. The van der Waals surface area contributed by atoms with Gasteiger partial charge in [-0.25, -0.2) is 0 Å². The molecule has 0 aliphatic heterocycles. The van der Waals surface area contributed by atoms with E-state index in [2.05, 4.69) is 15.5 Å². The summed E-state index contributed by atoms with van der Waals surface area (Å²) in [5.41, 5.74) is 0. The molecule has 7 heteroatoms. The molecule has 1 N–H and O–H groups in total. The first-order valence-electron chi connectivity index (χ1n) is 5.72. The van der Waals surface area contributed by atoms with E-state index in [0.29, 0.717) is 11.9 Å². The van der Waals surface area contributed by atoms with Crippen LogP contribution in [0.4, 0.5) is 13.2 Å². The van der Waals surface area contributed by atoms with Gasteiger partial charge in [-0.1, -0.05) is 12.8 Å². The number of nitrogens with zero attached hydrogens (tertiary/aromatic N) is 3. The van der Waals surface area contributed by atoms with Crippen molar-refractivity contribution in [1.29, 1.82) is 0 Å². The Morgan fingerprint density at radius 1 is 1.35 bits per heavy atom. The van der Waals surface area contributed by atoms with Crippen molar-refractivity contribution in [2.24, 2.45) is 0 Å². The highest BCUT2D eigenvalue weighted by Crippen LogP contribution is 2.29. The molecule has 1 saturated carbocycles. The van der Waals surface area contributed by atoms with Crippen LogP contribution in [0, 0.1) is 0 Å². The Morgan fingerprint density at radius 2 is 2.06 bits per heavy atom. The van der Waals surface area contributed by atoms with Gasteiger partial charge >= 0.3 is 6.18 Å². The summed E-state index contributed by atoms with van der Waals surface area (Å²) >= 11 is 0. The lowest BCUT2D eigenvalue weighted by Gasteiger charge is -2.14. The molecular formula is C10H15F3N4. The maximum Gasteiger partial charge on any atom is 0.401 e. The highest BCUT2D eigenvalue weighted by molar-refractivity contribution is 4.91. The summed E-state index contributed by atoms with van der Waals surface area (Å²) in [6.45, 7) is -0.888. The molecule has 0 unspecified atom stereocenters. The highest BCUT2D eigenvalue weighted by atomic mass is 19.4. The number of hydrogen-bond donors (Lipinski definition) is 1. The third-order valence-electron chi connectivity index (χ3n) is 2.97. The molecule has 17 heavy (non-hydrogen) atoms. The normalized spacial score (nSPS) is 17.8. The number of alkyl halides is 3. The molecule has 1 aromatic heterocycles. The fraction of sp³-hybridized carbons (Fsp3) is 0.800. The highest BCUT2D eigenvalue weighted by Gasteiger charge is 2.27. The van der Waals surface area contributed by atoms with Crippen LogP contribution in [0.25, 0.3) is 0 Å². The molecule has 1 heterocycles. The Morgan fingerprint density at radius 3 is 2.71 bits per heavy atom. The van der Waals surface area contributed by atoms with Gasteiger partial charge in [0.05, 0.1) is 13.1 Å². The van der Waals surface area contributed by atoms with Gasteiger partial charge in [0.2, 0.25) is 0 Å². The molecule has 0 bridgehead atoms. The average Bonchev–Trinajstić information content (AvgIpc) is 2.82. The van der Waals surface area contributed by atoms with Crippen molar-refractivity contribution in [2.45, 2.75) is 44.4 Å². The fourth-order valence-electron chi connectivity index (χ4n) is 2.20. The third kappa shape index (κ3) is 3.42. The zero-order chi connectivity index (χ0) is 12.3. The number of halogens is 3. The molecule has 0 aromatic carbocycles.